The van der Waals surface area contributed by atoms with Gasteiger partial charge in [-0.05, 0) is 17.7 Å². The van der Waals surface area contributed by atoms with Gasteiger partial charge < -0.3 is 0 Å². The molecule has 0 unspecified atom stereocenters. The lowest BCUT2D eigenvalue weighted by molar-refractivity contribution is 0.103. The van der Waals surface area contributed by atoms with Gasteiger partial charge in [-0.3, -0.25) is 4.79 Å². The van der Waals surface area contributed by atoms with Gasteiger partial charge in [-0.25, -0.2) is 4.98 Å². The van der Waals surface area contributed by atoms with Gasteiger partial charge in [0.15, 0.2) is 5.78 Å². The molecule has 17 heavy (non-hydrogen) atoms. The lowest BCUT2D eigenvalue weighted by Crippen LogP contribution is -2.01. The minimum atomic E-state index is -0.0460. The van der Waals surface area contributed by atoms with E-state index in [1.165, 1.54) is 6.20 Å². The molecule has 1 aromatic heterocycles. The van der Waals surface area contributed by atoms with E-state index in [2.05, 4.69) is 20.9 Å². The van der Waals surface area contributed by atoms with Crippen molar-refractivity contribution in [1.82, 2.24) is 4.98 Å². The fourth-order valence-corrected chi connectivity index (χ4v) is 1.91. The van der Waals surface area contributed by atoms with Gasteiger partial charge in [-0.15, -0.1) is 0 Å². The Balaban J connectivity index is 2.27. The number of aromatic nitrogens is 1. The molecule has 0 N–H and O–H groups in total. The highest BCUT2D eigenvalue weighted by atomic mass is 79.9. The van der Waals surface area contributed by atoms with E-state index < -0.39 is 0 Å². The summed E-state index contributed by atoms with van der Waals surface area (Å²) < 4.78 is 0. The van der Waals surface area contributed by atoms with Gasteiger partial charge in [0.05, 0.1) is 0 Å². The minimum Gasteiger partial charge on any atom is -0.289 e. The Hall–Kier alpha value is -1.19. The number of carbonyl (C=O) groups is 1. The molecular weight excluding hydrogens is 302 g/mol. The molecule has 2 rings (SSSR count). The van der Waals surface area contributed by atoms with Crippen molar-refractivity contribution in [3.05, 3.63) is 64.4 Å². The third-order valence-electron chi connectivity index (χ3n) is 2.36. The molecular formula is C13H9BrClNO. The summed E-state index contributed by atoms with van der Waals surface area (Å²) in [5.74, 6) is -0.0460. The molecule has 1 aromatic carbocycles. The second-order valence-electron chi connectivity index (χ2n) is 3.53. The van der Waals surface area contributed by atoms with Gasteiger partial charge >= 0.3 is 0 Å². The lowest BCUT2D eigenvalue weighted by Gasteiger charge is -2.02. The highest BCUT2D eigenvalue weighted by molar-refractivity contribution is 9.08. The van der Waals surface area contributed by atoms with Crippen LogP contribution in [0.15, 0.2) is 42.6 Å². The number of hydrogen-bond acceptors (Lipinski definition) is 2. The van der Waals surface area contributed by atoms with E-state index in [4.69, 9.17) is 11.6 Å². The average Bonchev–Trinajstić information content (AvgIpc) is 2.39. The molecule has 0 bridgehead atoms. The summed E-state index contributed by atoms with van der Waals surface area (Å²) in [4.78, 5) is 16.0. The molecule has 0 spiro atoms. The minimum absolute atomic E-state index is 0.0460. The molecule has 0 saturated carbocycles. The van der Waals surface area contributed by atoms with E-state index in [9.17, 15) is 4.79 Å². The second-order valence-corrected chi connectivity index (χ2v) is 4.48. The molecule has 0 aliphatic heterocycles. The Morgan fingerprint density at radius 2 is 1.76 bits per heavy atom. The summed E-state index contributed by atoms with van der Waals surface area (Å²) in [5, 5.41) is 1.17. The maximum Gasteiger partial charge on any atom is 0.194 e. The van der Waals surface area contributed by atoms with Gasteiger partial charge in [0.1, 0.15) is 5.15 Å². The molecule has 0 atom stereocenters. The first-order valence-electron chi connectivity index (χ1n) is 5.02. The molecule has 4 heteroatoms. The first-order valence-corrected chi connectivity index (χ1v) is 6.52. The van der Waals surface area contributed by atoms with Crippen LogP contribution in [0.3, 0.4) is 0 Å². The maximum absolute atomic E-state index is 12.1. The Morgan fingerprint density at radius 3 is 2.29 bits per heavy atom. The predicted molar refractivity (Wildman–Crippen MR) is 71.8 cm³/mol. The quantitative estimate of drug-likeness (QED) is 0.489. The van der Waals surface area contributed by atoms with Crippen molar-refractivity contribution >= 4 is 33.3 Å². The van der Waals surface area contributed by atoms with Crippen molar-refractivity contribution in [1.29, 1.82) is 0 Å². The number of carbonyl (C=O) groups excluding carboxylic acids is 1. The normalized spacial score (nSPS) is 10.2. The van der Waals surface area contributed by atoms with Crippen LogP contribution < -0.4 is 0 Å². The van der Waals surface area contributed by atoms with Crippen molar-refractivity contribution in [3.63, 3.8) is 0 Å². The van der Waals surface area contributed by atoms with Crippen molar-refractivity contribution < 1.29 is 4.79 Å². The molecule has 0 saturated heterocycles. The number of nitrogens with zero attached hydrogens (tertiary/aromatic N) is 1. The number of pyridine rings is 1. The van der Waals surface area contributed by atoms with Crippen LogP contribution in [0.1, 0.15) is 21.5 Å². The van der Waals surface area contributed by atoms with Crippen molar-refractivity contribution in [2.75, 3.05) is 0 Å². The topological polar surface area (TPSA) is 30.0 Å². The third-order valence-corrected chi connectivity index (χ3v) is 3.23. The smallest absolute Gasteiger partial charge is 0.194 e. The summed E-state index contributed by atoms with van der Waals surface area (Å²) in [6, 6.07) is 10.8. The van der Waals surface area contributed by atoms with Crippen LogP contribution in [0.25, 0.3) is 0 Å². The Morgan fingerprint density at radius 1 is 1.12 bits per heavy atom. The fourth-order valence-electron chi connectivity index (χ4n) is 1.42. The summed E-state index contributed by atoms with van der Waals surface area (Å²) in [7, 11) is 0. The van der Waals surface area contributed by atoms with E-state index in [1.807, 2.05) is 24.3 Å². The van der Waals surface area contributed by atoms with E-state index in [0.717, 1.165) is 10.9 Å². The molecule has 0 fully saturated rings. The van der Waals surface area contributed by atoms with Crippen LogP contribution in [0.5, 0.6) is 0 Å². The summed E-state index contributed by atoms with van der Waals surface area (Å²) in [6.07, 6.45) is 1.49. The first kappa shape index (κ1) is 12.3. The van der Waals surface area contributed by atoms with Gasteiger partial charge in [0.25, 0.3) is 0 Å². The average molecular weight is 311 g/mol. The maximum atomic E-state index is 12.1. The van der Waals surface area contributed by atoms with Crippen LogP contribution in [0.2, 0.25) is 5.15 Å². The number of benzene rings is 1. The first-order chi connectivity index (χ1) is 8.20. The van der Waals surface area contributed by atoms with Gasteiger partial charge in [0, 0.05) is 22.7 Å². The molecule has 0 radical (unpaired) electrons. The number of hydrogen-bond donors (Lipinski definition) is 0. The van der Waals surface area contributed by atoms with Crippen LogP contribution in [0.4, 0.5) is 0 Å². The van der Waals surface area contributed by atoms with Crippen LogP contribution in [-0.4, -0.2) is 10.8 Å². The summed E-state index contributed by atoms with van der Waals surface area (Å²) in [5.41, 5.74) is 2.33. The third kappa shape index (κ3) is 2.93. The lowest BCUT2D eigenvalue weighted by atomic mass is 10.0. The highest BCUT2D eigenvalue weighted by Gasteiger charge is 2.08. The fraction of sp³-hybridized carbons (Fsp3) is 0.0769. The van der Waals surface area contributed by atoms with Crippen LogP contribution >= 0.6 is 27.5 Å². The molecule has 0 amide bonds. The largest absolute Gasteiger partial charge is 0.289 e. The number of rotatable bonds is 3. The Kier molecular flexibility index (Phi) is 3.92. The SMILES string of the molecule is O=C(c1ccc(CBr)cc1)c1ccc(Cl)nc1. The molecule has 86 valence electrons. The second kappa shape index (κ2) is 5.43. The number of alkyl halides is 1. The zero-order valence-electron chi connectivity index (χ0n) is 8.86. The monoisotopic (exact) mass is 309 g/mol. The van der Waals surface area contributed by atoms with Crippen LogP contribution in [-0.2, 0) is 5.33 Å². The highest BCUT2D eigenvalue weighted by Crippen LogP contribution is 2.13. The molecule has 0 aliphatic rings. The molecule has 2 nitrogen and oxygen atoms in total. The van der Waals surface area contributed by atoms with Crippen molar-refractivity contribution in [2.24, 2.45) is 0 Å². The predicted octanol–water partition coefficient (Wildman–Crippen LogP) is 3.86. The number of halogens is 2. The summed E-state index contributed by atoms with van der Waals surface area (Å²) in [6.45, 7) is 0. The molecule has 1 heterocycles. The standard InChI is InChI=1S/C13H9BrClNO/c14-7-9-1-3-10(4-2-9)13(17)11-5-6-12(15)16-8-11/h1-6,8H,7H2. The molecule has 2 aromatic rings. The van der Waals surface area contributed by atoms with Crippen molar-refractivity contribution in [2.45, 2.75) is 5.33 Å². The zero-order valence-corrected chi connectivity index (χ0v) is 11.2. The van der Waals surface area contributed by atoms with E-state index >= 15 is 0 Å². The Labute approximate surface area is 113 Å². The van der Waals surface area contributed by atoms with Crippen molar-refractivity contribution in [3.8, 4) is 0 Å². The summed E-state index contributed by atoms with van der Waals surface area (Å²) >= 11 is 9.04. The van der Waals surface area contributed by atoms with E-state index in [0.29, 0.717) is 16.3 Å². The van der Waals surface area contributed by atoms with Gasteiger partial charge in [0.2, 0.25) is 0 Å². The van der Waals surface area contributed by atoms with Gasteiger partial charge in [-0.2, -0.15) is 0 Å². The van der Waals surface area contributed by atoms with E-state index in [-0.39, 0.29) is 5.78 Å². The number of ketones is 1. The zero-order chi connectivity index (χ0) is 12.3. The van der Waals surface area contributed by atoms with E-state index in [1.54, 1.807) is 12.1 Å². The Bertz CT molecular complexity index is 522. The molecule has 0 aliphatic carbocycles. The van der Waals surface area contributed by atoms with Crippen LogP contribution in [0, 0.1) is 0 Å². The van der Waals surface area contributed by atoms with Gasteiger partial charge in [-0.1, -0.05) is 51.8 Å².